The van der Waals surface area contributed by atoms with E-state index in [9.17, 15) is 0 Å². The minimum atomic E-state index is 0.298. The monoisotopic (exact) mass is 256 g/mol. The molecule has 2 N–H and O–H groups in total. The van der Waals surface area contributed by atoms with E-state index in [0.717, 1.165) is 52.4 Å². The quantitative estimate of drug-likeness (QED) is 0.719. The average molecular weight is 256 g/mol. The summed E-state index contributed by atoms with van der Waals surface area (Å²) in [5, 5.41) is 0. The van der Waals surface area contributed by atoms with Gasteiger partial charge in [-0.25, -0.2) is 0 Å². The Morgan fingerprint density at radius 1 is 1.22 bits per heavy atom. The second-order valence-electron chi connectivity index (χ2n) is 5.78. The summed E-state index contributed by atoms with van der Waals surface area (Å²) in [5.74, 6) is 0. The zero-order valence-electron chi connectivity index (χ0n) is 11.8. The van der Waals surface area contributed by atoms with Crippen molar-refractivity contribution in [3.8, 4) is 0 Å². The van der Waals surface area contributed by atoms with Gasteiger partial charge in [-0.15, -0.1) is 0 Å². The Labute approximate surface area is 111 Å². The van der Waals surface area contributed by atoms with Crippen LogP contribution < -0.4 is 5.73 Å². The fourth-order valence-electron chi connectivity index (χ4n) is 2.78. The van der Waals surface area contributed by atoms with Crippen LogP contribution in [-0.2, 0) is 4.74 Å². The third-order valence-electron chi connectivity index (χ3n) is 4.12. The Morgan fingerprint density at radius 2 is 1.94 bits per heavy atom. The third kappa shape index (κ3) is 3.90. The number of ether oxygens (including phenoxy) is 1. The molecule has 0 aromatic carbocycles. The molecular formula is C13H28N4O. The van der Waals surface area contributed by atoms with Gasteiger partial charge in [0.25, 0.3) is 0 Å². The normalized spacial score (nSPS) is 32.0. The molecule has 2 fully saturated rings. The molecule has 2 heterocycles. The van der Waals surface area contributed by atoms with Gasteiger partial charge in [0, 0.05) is 58.0 Å². The van der Waals surface area contributed by atoms with Crippen molar-refractivity contribution in [2.45, 2.75) is 18.5 Å². The molecule has 0 amide bonds. The van der Waals surface area contributed by atoms with E-state index in [1.807, 2.05) is 0 Å². The van der Waals surface area contributed by atoms with Gasteiger partial charge in [0.15, 0.2) is 0 Å². The summed E-state index contributed by atoms with van der Waals surface area (Å²) in [6.07, 6.45) is 1.01. The van der Waals surface area contributed by atoms with Crippen LogP contribution in [0.1, 0.15) is 6.42 Å². The van der Waals surface area contributed by atoms with Gasteiger partial charge in [-0.1, -0.05) is 0 Å². The average Bonchev–Trinajstić information content (AvgIpc) is 2.38. The molecule has 18 heavy (non-hydrogen) atoms. The van der Waals surface area contributed by atoms with Crippen LogP contribution in [0.4, 0.5) is 0 Å². The first kappa shape index (κ1) is 14.2. The van der Waals surface area contributed by atoms with Crippen molar-refractivity contribution in [1.29, 1.82) is 0 Å². The number of rotatable bonds is 4. The van der Waals surface area contributed by atoms with E-state index in [-0.39, 0.29) is 0 Å². The zero-order valence-corrected chi connectivity index (χ0v) is 11.8. The lowest BCUT2D eigenvalue weighted by molar-refractivity contribution is -0.0126. The molecule has 2 aliphatic heterocycles. The minimum absolute atomic E-state index is 0.298. The van der Waals surface area contributed by atoms with Crippen molar-refractivity contribution in [2.24, 2.45) is 5.73 Å². The van der Waals surface area contributed by atoms with Gasteiger partial charge in [0.05, 0.1) is 6.61 Å². The Morgan fingerprint density at radius 3 is 2.56 bits per heavy atom. The maximum absolute atomic E-state index is 6.20. The highest BCUT2D eigenvalue weighted by atomic mass is 16.5. The van der Waals surface area contributed by atoms with Crippen LogP contribution in [0.25, 0.3) is 0 Å². The third-order valence-corrected chi connectivity index (χ3v) is 4.12. The molecular weight excluding hydrogens is 228 g/mol. The van der Waals surface area contributed by atoms with Crippen molar-refractivity contribution >= 4 is 0 Å². The van der Waals surface area contributed by atoms with Gasteiger partial charge in [-0.05, 0) is 20.5 Å². The first-order valence-electron chi connectivity index (χ1n) is 7.11. The van der Waals surface area contributed by atoms with Crippen LogP contribution in [0.5, 0.6) is 0 Å². The van der Waals surface area contributed by atoms with Gasteiger partial charge in [0.2, 0.25) is 0 Å². The summed E-state index contributed by atoms with van der Waals surface area (Å²) in [4.78, 5) is 7.32. The molecule has 0 aromatic heterocycles. The van der Waals surface area contributed by atoms with Crippen LogP contribution in [0, 0.1) is 0 Å². The molecule has 2 unspecified atom stereocenters. The molecule has 2 saturated heterocycles. The molecule has 0 aliphatic carbocycles. The van der Waals surface area contributed by atoms with E-state index in [4.69, 9.17) is 10.5 Å². The van der Waals surface area contributed by atoms with Gasteiger partial charge in [-0.3, -0.25) is 9.80 Å². The van der Waals surface area contributed by atoms with Crippen LogP contribution >= 0.6 is 0 Å². The molecule has 106 valence electrons. The summed E-state index contributed by atoms with van der Waals surface area (Å²) in [6, 6.07) is 0.738. The molecule has 0 aromatic rings. The maximum Gasteiger partial charge on any atom is 0.0636 e. The van der Waals surface area contributed by atoms with E-state index in [1.54, 1.807) is 0 Å². The number of piperazine rings is 1. The molecule has 2 rings (SSSR count). The first-order chi connectivity index (χ1) is 8.66. The predicted molar refractivity (Wildman–Crippen MR) is 73.8 cm³/mol. The highest BCUT2D eigenvalue weighted by Gasteiger charge is 2.30. The highest BCUT2D eigenvalue weighted by molar-refractivity contribution is 4.87. The largest absolute Gasteiger partial charge is 0.380 e. The summed E-state index contributed by atoms with van der Waals surface area (Å²) in [6.45, 7) is 8.57. The highest BCUT2D eigenvalue weighted by Crippen LogP contribution is 2.14. The standard InChI is InChI=1S/C13H28N4O/c1-15(2)4-5-16-6-8-17(9-7-16)13-11-18-10-3-12(13)14/h12-13H,3-11,14H2,1-2H3. The lowest BCUT2D eigenvalue weighted by Gasteiger charge is -2.43. The van der Waals surface area contributed by atoms with Crippen molar-refractivity contribution in [3.63, 3.8) is 0 Å². The first-order valence-corrected chi connectivity index (χ1v) is 7.11. The smallest absolute Gasteiger partial charge is 0.0636 e. The van der Waals surface area contributed by atoms with Crippen LogP contribution in [0.15, 0.2) is 0 Å². The van der Waals surface area contributed by atoms with E-state index < -0.39 is 0 Å². The number of hydrogen-bond acceptors (Lipinski definition) is 5. The summed E-state index contributed by atoms with van der Waals surface area (Å²) in [7, 11) is 4.27. The van der Waals surface area contributed by atoms with Gasteiger partial charge in [-0.2, -0.15) is 0 Å². The summed E-state index contributed by atoms with van der Waals surface area (Å²) >= 11 is 0. The molecule has 2 aliphatic rings. The lowest BCUT2D eigenvalue weighted by Crippen LogP contribution is -2.59. The number of nitrogens with zero attached hydrogens (tertiary/aromatic N) is 3. The summed E-state index contributed by atoms with van der Waals surface area (Å²) in [5.41, 5.74) is 6.20. The fraction of sp³-hybridized carbons (Fsp3) is 1.00. The van der Waals surface area contributed by atoms with E-state index in [0.29, 0.717) is 12.1 Å². The Kier molecular flexibility index (Phi) is 5.38. The van der Waals surface area contributed by atoms with E-state index in [1.165, 1.54) is 6.54 Å². The van der Waals surface area contributed by atoms with Crippen molar-refractivity contribution in [3.05, 3.63) is 0 Å². The molecule has 0 radical (unpaired) electrons. The Balaban J connectivity index is 1.72. The molecule has 5 heteroatoms. The Bertz CT molecular complexity index is 241. The lowest BCUT2D eigenvalue weighted by atomic mass is 10.0. The molecule has 0 spiro atoms. The Hall–Kier alpha value is -0.200. The SMILES string of the molecule is CN(C)CCN1CCN(C2COCCC2N)CC1. The maximum atomic E-state index is 6.20. The van der Waals surface area contributed by atoms with Crippen LogP contribution in [0.3, 0.4) is 0 Å². The topological polar surface area (TPSA) is 45.0 Å². The van der Waals surface area contributed by atoms with Gasteiger partial charge in [0.1, 0.15) is 0 Å². The molecule has 2 atom stereocenters. The van der Waals surface area contributed by atoms with Crippen LogP contribution in [0.2, 0.25) is 0 Å². The predicted octanol–water partition coefficient (Wildman–Crippen LogP) is -0.718. The second-order valence-corrected chi connectivity index (χ2v) is 5.78. The van der Waals surface area contributed by atoms with Gasteiger partial charge >= 0.3 is 0 Å². The van der Waals surface area contributed by atoms with E-state index in [2.05, 4.69) is 28.8 Å². The molecule has 5 nitrogen and oxygen atoms in total. The molecule has 0 bridgehead atoms. The summed E-state index contributed by atoms with van der Waals surface area (Å²) < 4.78 is 5.57. The fourth-order valence-corrected chi connectivity index (χ4v) is 2.78. The second kappa shape index (κ2) is 6.82. The van der Waals surface area contributed by atoms with Crippen molar-refractivity contribution < 1.29 is 4.74 Å². The molecule has 0 saturated carbocycles. The van der Waals surface area contributed by atoms with Crippen molar-refractivity contribution in [2.75, 3.05) is 66.6 Å². The van der Waals surface area contributed by atoms with Crippen molar-refractivity contribution in [1.82, 2.24) is 14.7 Å². The van der Waals surface area contributed by atoms with Gasteiger partial charge < -0.3 is 15.4 Å². The van der Waals surface area contributed by atoms with E-state index >= 15 is 0 Å². The number of hydrogen-bond donors (Lipinski definition) is 1. The van der Waals surface area contributed by atoms with Crippen LogP contribution in [-0.4, -0.2) is 93.4 Å². The number of likely N-dealkylation sites (N-methyl/N-ethyl adjacent to an activating group) is 1. The minimum Gasteiger partial charge on any atom is -0.380 e. The number of nitrogens with two attached hydrogens (primary N) is 1. The zero-order chi connectivity index (χ0) is 13.0.